The van der Waals surface area contributed by atoms with Gasteiger partial charge in [0, 0.05) is 22.5 Å². The van der Waals surface area contributed by atoms with Crippen LogP contribution in [0.3, 0.4) is 0 Å². The van der Waals surface area contributed by atoms with Crippen LogP contribution in [0.1, 0.15) is 47.0 Å². The topological polar surface area (TPSA) is 46.2 Å². The van der Waals surface area contributed by atoms with Crippen molar-refractivity contribution in [3.05, 3.63) is 51.7 Å². The maximum atomic E-state index is 12.0. The molecule has 2 rings (SSSR count). The zero-order valence-electron chi connectivity index (χ0n) is 13.0. The number of aryl methyl sites for hydroxylation is 2. The van der Waals surface area contributed by atoms with Crippen molar-refractivity contribution in [3.8, 4) is 0 Å². The first-order chi connectivity index (χ1) is 10.6. The zero-order valence-corrected chi connectivity index (χ0v) is 13.8. The molecule has 2 aromatic rings. The van der Waals surface area contributed by atoms with Gasteiger partial charge in [0.1, 0.15) is 0 Å². The number of rotatable bonds is 7. The van der Waals surface area contributed by atoms with Crippen molar-refractivity contribution in [2.75, 3.05) is 5.32 Å². The van der Waals surface area contributed by atoms with Crippen LogP contribution in [0.25, 0.3) is 0 Å². The molecular formula is C18H21NO2S. The molecule has 0 unspecified atom stereocenters. The smallest absolute Gasteiger partial charge is 0.224 e. The molecule has 0 saturated carbocycles. The van der Waals surface area contributed by atoms with Gasteiger partial charge in [-0.1, -0.05) is 18.2 Å². The monoisotopic (exact) mass is 315 g/mol. The van der Waals surface area contributed by atoms with Gasteiger partial charge in [-0.25, -0.2) is 0 Å². The number of benzene rings is 1. The SMILES string of the molecule is CC(=O)c1ccc(C)c(NC(=O)CCCCc2cccs2)c1. The first-order valence-electron chi connectivity index (χ1n) is 7.50. The maximum Gasteiger partial charge on any atom is 0.224 e. The number of unbranched alkanes of at least 4 members (excludes halogenated alkanes) is 1. The second kappa shape index (κ2) is 7.90. The molecule has 1 N–H and O–H groups in total. The van der Waals surface area contributed by atoms with Crippen LogP contribution in [0.2, 0.25) is 0 Å². The number of ketones is 1. The summed E-state index contributed by atoms with van der Waals surface area (Å²) in [5.74, 6) is 0.0152. The summed E-state index contributed by atoms with van der Waals surface area (Å²) in [5, 5.41) is 4.99. The molecular weight excluding hydrogens is 294 g/mol. The minimum Gasteiger partial charge on any atom is -0.326 e. The van der Waals surface area contributed by atoms with Crippen LogP contribution in [0, 0.1) is 6.92 Å². The highest BCUT2D eigenvalue weighted by Crippen LogP contribution is 2.18. The lowest BCUT2D eigenvalue weighted by atomic mass is 10.1. The lowest BCUT2D eigenvalue weighted by Crippen LogP contribution is -2.12. The van der Waals surface area contributed by atoms with Crippen LogP contribution in [0.5, 0.6) is 0 Å². The summed E-state index contributed by atoms with van der Waals surface area (Å²) < 4.78 is 0. The van der Waals surface area contributed by atoms with Gasteiger partial charge in [-0.2, -0.15) is 0 Å². The highest BCUT2D eigenvalue weighted by molar-refractivity contribution is 7.09. The van der Waals surface area contributed by atoms with E-state index in [-0.39, 0.29) is 11.7 Å². The van der Waals surface area contributed by atoms with Gasteiger partial charge in [0.15, 0.2) is 5.78 Å². The minimum atomic E-state index is 0.00597. The molecule has 4 heteroatoms. The molecule has 0 saturated heterocycles. The third-order valence-corrected chi connectivity index (χ3v) is 4.51. The Labute approximate surface area is 135 Å². The summed E-state index contributed by atoms with van der Waals surface area (Å²) in [7, 11) is 0. The Hall–Kier alpha value is -1.94. The number of thiophene rings is 1. The molecule has 0 spiro atoms. The molecule has 0 aliphatic carbocycles. The number of hydrogen-bond acceptors (Lipinski definition) is 3. The molecule has 0 aliphatic rings. The van der Waals surface area contributed by atoms with E-state index >= 15 is 0 Å². The lowest BCUT2D eigenvalue weighted by Gasteiger charge is -2.09. The van der Waals surface area contributed by atoms with Crippen molar-refractivity contribution in [1.82, 2.24) is 0 Å². The molecule has 0 fully saturated rings. The number of Topliss-reactive ketones (excluding diaryl/α,β-unsaturated/α-hetero) is 1. The highest BCUT2D eigenvalue weighted by Gasteiger charge is 2.07. The fourth-order valence-corrected chi connectivity index (χ4v) is 2.98. The molecule has 116 valence electrons. The average molecular weight is 315 g/mol. The number of nitrogens with one attached hydrogen (secondary N) is 1. The van der Waals surface area contributed by atoms with Crippen LogP contribution in [-0.2, 0) is 11.2 Å². The van der Waals surface area contributed by atoms with Gasteiger partial charge in [0.2, 0.25) is 5.91 Å². The molecule has 1 aromatic carbocycles. The molecule has 1 heterocycles. The van der Waals surface area contributed by atoms with Crippen LogP contribution in [0.15, 0.2) is 35.7 Å². The summed E-state index contributed by atoms with van der Waals surface area (Å²) in [5.41, 5.74) is 2.33. The van der Waals surface area contributed by atoms with Gasteiger partial charge in [-0.3, -0.25) is 9.59 Å². The van der Waals surface area contributed by atoms with Crippen LogP contribution in [-0.4, -0.2) is 11.7 Å². The third kappa shape index (κ3) is 4.81. The Kier molecular flexibility index (Phi) is 5.90. The summed E-state index contributed by atoms with van der Waals surface area (Å²) in [4.78, 5) is 24.8. The Morgan fingerprint density at radius 2 is 2.00 bits per heavy atom. The number of anilines is 1. The fourth-order valence-electron chi connectivity index (χ4n) is 2.23. The molecule has 0 aliphatic heterocycles. The van der Waals surface area contributed by atoms with Crippen LogP contribution >= 0.6 is 11.3 Å². The summed E-state index contributed by atoms with van der Waals surface area (Å²) >= 11 is 1.76. The van der Waals surface area contributed by atoms with E-state index < -0.39 is 0 Å². The van der Waals surface area contributed by atoms with Crippen LogP contribution in [0.4, 0.5) is 5.69 Å². The van der Waals surface area contributed by atoms with Crippen molar-refractivity contribution < 1.29 is 9.59 Å². The molecule has 0 radical (unpaired) electrons. The zero-order chi connectivity index (χ0) is 15.9. The molecule has 22 heavy (non-hydrogen) atoms. The van der Waals surface area contributed by atoms with Gasteiger partial charge < -0.3 is 5.32 Å². The summed E-state index contributed by atoms with van der Waals surface area (Å²) in [6.07, 6.45) is 3.43. The van der Waals surface area contributed by atoms with E-state index in [9.17, 15) is 9.59 Å². The van der Waals surface area contributed by atoms with Crippen molar-refractivity contribution in [2.24, 2.45) is 0 Å². The predicted molar refractivity (Wildman–Crippen MR) is 91.7 cm³/mol. The third-order valence-electron chi connectivity index (χ3n) is 3.58. The predicted octanol–water partition coefficient (Wildman–Crippen LogP) is 4.61. The summed E-state index contributed by atoms with van der Waals surface area (Å²) in [6, 6.07) is 9.58. The number of amides is 1. The first kappa shape index (κ1) is 16.4. The lowest BCUT2D eigenvalue weighted by molar-refractivity contribution is -0.116. The molecule has 0 atom stereocenters. The van der Waals surface area contributed by atoms with E-state index in [1.54, 1.807) is 23.5 Å². The molecule has 1 aromatic heterocycles. The fraction of sp³-hybridized carbons (Fsp3) is 0.333. The quantitative estimate of drug-likeness (QED) is 0.599. The second-order valence-electron chi connectivity index (χ2n) is 5.42. The Bertz CT molecular complexity index is 647. The largest absolute Gasteiger partial charge is 0.326 e. The first-order valence-corrected chi connectivity index (χ1v) is 8.38. The van der Waals surface area contributed by atoms with E-state index in [0.717, 1.165) is 30.5 Å². The minimum absolute atomic E-state index is 0.00597. The second-order valence-corrected chi connectivity index (χ2v) is 6.45. The normalized spacial score (nSPS) is 10.5. The number of carbonyl (C=O) groups is 2. The van der Waals surface area contributed by atoms with E-state index in [2.05, 4.69) is 22.8 Å². The molecule has 0 bridgehead atoms. The Morgan fingerprint density at radius 3 is 2.68 bits per heavy atom. The van der Waals surface area contributed by atoms with Crippen molar-refractivity contribution >= 4 is 28.7 Å². The van der Waals surface area contributed by atoms with E-state index in [1.807, 2.05) is 13.0 Å². The van der Waals surface area contributed by atoms with Gasteiger partial charge in [-0.05, 0) is 56.2 Å². The van der Waals surface area contributed by atoms with Crippen molar-refractivity contribution in [2.45, 2.75) is 39.5 Å². The van der Waals surface area contributed by atoms with Gasteiger partial charge in [0.05, 0.1) is 0 Å². The van der Waals surface area contributed by atoms with E-state index in [1.165, 1.54) is 11.8 Å². The van der Waals surface area contributed by atoms with Crippen LogP contribution < -0.4 is 5.32 Å². The maximum absolute atomic E-state index is 12.0. The van der Waals surface area contributed by atoms with Gasteiger partial charge in [-0.15, -0.1) is 11.3 Å². The van der Waals surface area contributed by atoms with Crippen molar-refractivity contribution in [1.29, 1.82) is 0 Å². The highest BCUT2D eigenvalue weighted by atomic mass is 32.1. The van der Waals surface area contributed by atoms with E-state index in [4.69, 9.17) is 0 Å². The Balaban J connectivity index is 1.81. The standard InChI is InChI=1S/C18H21NO2S/c1-13-9-10-15(14(2)20)12-17(13)19-18(21)8-4-3-6-16-7-5-11-22-16/h5,7,9-12H,3-4,6,8H2,1-2H3,(H,19,21). The molecule has 3 nitrogen and oxygen atoms in total. The number of carbonyl (C=O) groups excluding carboxylic acids is 2. The summed E-state index contributed by atoms with van der Waals surface area (Å²) in [6.45, 7) is 3.46. The molecule has 1 amide bonds. The number of hydrogen-bond donors (Lipinski definition) is 1. The van der Waals surface area contributed by atoms with Gasteiger partial charge in [0.25, 0.3) is 0 Å². The van der Waals surface area contributed by atoms with Gasteiger partial charge >= 0.3 is 0 Å². The Morgan fingerprint density at radius 1 is 1.18 bits per heavy atom. The average Bonchev–Trinajstić information content (AvgIpc) is 2.99. The van der Waals surface area contributed by atoms with E-state index in [0.29, 0.717) is 12.0 Å². The van der Waals surface area contributed by atoms with Crippen molar-refractivity contribution in [3.63, 3.8) is 0 Å².